The van der Waals surface area contributed by atoms with Gasteiger partial charge in [-0.3, -0.25) is 0 Å². The molecule has 0 spiro atoms. The second kappa shape index (κ2) is 2.78. The molecule has 0 atom stereocenters. The summed E-state index contributed by atoms with van der Waals surface area (Å²) in [6.45, 7) is 0. The molecule has 0 fully saturated rings. The van der Waals surface area contributed by atoms with E-state index in [1.807, 2.05) is 30.3 Å². The van der Waals surface area contributed by atoms with Crippen molar-refractivity contribution in [2.45, 2.75) is 4.90 Å². The lowest BCUT2D eigenvalue weighted by Gasteiger charge is -1.89. The van der Waals surface area contributed by atoms with Crippen LogP contribution in [0.15, 0.2) is 35.2 Å². The largest absolute Gasteiger partial charge is 0.130 e. The van der Waals surface area contributed by atoms with Crippen LogP contribution in [0, 0.1) is 0 Å². The maximum atomic E-state index is 6.94. The molecule has 0 aliphatic heterocycles. The minimum atomic E-state index is -0.817. The van der Waals surface area contributed by atoms with Gasteiger partial charge in [-0.2, -0.15) is 0 Å². The number of thioether (sulfide) groups is 1. The fourth-order valence-corrected chi connectivity index (χ4v) is 0.813. The normalized spacial score (nSPS) is 13.1. The smallest absolute Gasteiger partial charge is 0.0348 e. The number of benzene rings is 1. The standard InChI is InChI=1S/C7H8S/c1-8-7-5-3-2-4-6-7/h2-6H,1H3/i1+1D2. The van der Waals surface area contributed by atoms with Crippen LogP contribution in [0.3, 0.4) is 0 Å². The van der Waals surface area contributed by atoms with Gasteiger partial charge in [0, 0.05) is 7.64 Å². The van der Waals surface area contributed by atoms with Crippen LogP contribution < -0.4 is 0 Å². The van der Waals surface area contributed by atoms with Gasteiger partial charge in [0.15, 0.2) is 0 Å². The lowest BCUT2D eigenvalue weighted by Crippen LogP contribution is -1.62. The van der Waals surface area contributed by atoms with Crippen LogP contribution in [0.4, 0.5) is 0 Å². The van der Waals surface area contributed by atoms with Gasteiger partial charge < -0.3 is 0 Å². The first-order valence-electron chi connectivity index (χ1n) is 3.51. The highest BCUT2D eigenvalue weighted by Gasteiger charge is 1.80. The fraction of sp³-hybridized carbons (Fsp3) is 0.143. The third kappa shape index (κ3) is 1.27. The van der Waals surface area contributed by atoms with Crippen molar-refractivity contribution in [2.24, 2.45) is 0 Å². The maximum Gasteiger partial charge on any atom is 0.0348 e. The molecule has 0 N–H and O–H groups in total. The monoisotopic (exact) mass is 127 g/mol. The van der Waals surface area contributed by atoms with Crippen LogP contribution in [0.5, 0.6) is 0 Å². The van der Waals surface area contributed by atoms with Crippen LogP contribution >= 0.6 is 11.8 Å². The molecule has 0 heterocycles. The summed E-state index contributed by atoms with van der Waals surface area (Å²) >= 11 is 1.23. The second-order valence-corrected chi connectivity index (χ2v) is 2.14. The minimum absolute atomic E-state index is 0.817. The highest BCUT2D eigenvalue weighted by molar-refractivity contribution is 7.98. The van der Waals surface area contributed by atoms with E-state index in [0.29, 0.717) is 0 Å². The third-order valence-electron chi connectivity index (χ3n) is 0.879. The first-order valence-corrected chi connectivity index (χ1v) is 3.23. The maximum absolute atomic E-state index is 6.94. The quantitative estimate of drug-likeness (QED) is 0.412. The molecule has 0 radical (unpaired) electrons. The Morgan fingerprint density at radius 1 is 1.38 bits per heavy atom. The van der Waals surface area contributed by atoms with Gasteiger partial charge in [0.05, 0.1) is 0 Å². The van der Waals surface area contributed by atoms with Gasteiger partial charge in [-0.1, -0.05) is 18.2 Å². The number of hydrogen-bond acceptors (Lipinski definition) is 1. The van der Waals surface area contributed by atoms with Gasteiger partial charge >= 0.3 is 0 Å². The molecule has 0 unspecified atom stereocenters. The number of hydrogen-bond donors (Lipinski definition) is 0. The summed E-state index contributed by atoms with van der Waals surface area (Å²) in [5.41, 5.74) is 0. The molecule has 0 aromatic heterocycles. The summed E-state index contributed by atoms with van der Waals surface area (Å²) in [6.07, 6.45) is -0.817. The van der Waals surface area contributed by atoms with Crippen LogP contribution in [-0.4, -0.2) is 6.21 Å². The molecule has 42 valence electrons. The molecule has 0 aliphatic rings. The predicted molar refractivity (Wildman–Crippen MR) is 38.2 cm³/mol. The van der Waals surface area contributed by atoms with Crippen molar-refractivity contribution in [3.63, 3.8) is 0 Å². The predicted octanol–water partition coefficient (Wildman–Crippen LogP) is 2.41. The van der Waals surface area contributed by atoms with Gasteiger partial charge in [0.2, 0.25) is 0 Å². The van der Waals surface area contributed by atoms with E-state index in [0.717, 1.165) is 4.90 Å². The molecule has 0 aliphatic carbocycles. The Labute approximate surface area is 56.7 Å². The topological polar surface area (TPSA) is 0 Å². The van der Waals surface area contributed by atoms with E-state index < -0.39 is 6.21 Å². The Hall–Kier alpha value is -0.430. The van der Waals surface area contributed by atoms with Crippen molar-refractivity contribution in [3.05, 3.63) is 30.3 Å². The third-order valence-corrected chi connectivity index (χ3v) is 1.42. The van der Waals surface area contributed by atoms with Crippen LogP contribution in [-0.2, 0) is 0 Å². The molecule has 0 bridgehead atoms. The van der Waals surface area contributed by atoms with Crippen molar-refractivity contribution < 1.29 is 2.74 Å². The summed E-state index contributed by atoms with van der Waals surface area (Å²) in [5.74, 6) is 0. The van der Waals surface area contributed by atoms with E-state index in [4.69, 9.17) is 2.74 Å². The van der Waals surface area contributed by atoms with E-state index >= 15 is 0 Å². The second-order valence-electron chi connectivity index (χ2n) is 1.43. The molecule has 0 saturated carbocycles. The zero-order chi connectivity index (χ0) is 7.40. The average Bonchev–Trinajstić information content (AvgIpc) is 1.88. The summed E-state index contributed by atoms with van der Waals surface area (Å²) in [7, 11) is 0. The van der Waals surface area contributed by atoms with Gasteiger partial charge in [-0.25, -0.2) is 0 Å². The van der Waals surface area contributed by atoms with Crippen LogP contribution in [0.1, 0.15) is 2.74 Å². The Kier molecular flexibility index (Phi) is 1.24. The Morgan fingerprint density at radius 3 is 2.75 bits per heavy atom. The summed E-state index contributed by atoms with van der Waals surface area (Å²) in [4.78, 5) is 0.984. The lowest BCUT2D eigenvalue weighted by atomic mass is 10.4. The van der Waals surface area contributed by atoms with Crippen molar-refractivity contribution in [1.82, 2.24) is 0 Å². The summed E-state index contributed by atoms with van der Waals surface area (Å²) < 4.78 is 13.9. The molecule has 1 aromatic rings. The molecule has 0 saturated heterocycles. The zero-order valence-corrected chi connectivity index (χ0v) is 5.19. The highest BCUT2D eigenvalue weighted by Crippen LogP contribution is 2.11. The van der Waals surface area contributed by atoms with Gasteiger partial charge in [0.1, 0.15) is 0 Å². The highest BCUT2D eigenvalue weighted by atomic mass is 32.2. The Balaban J connectivity index is 2.59. The minimum Gasteiger partial charge on any atom is -0.130 e. The van der Waals surface area contributed by atoms with Crippen LogP contribution in [0.25, 0.3) is 0 Å². The van der Waals surface area contributed by atoms with Crippen molar-refractivity contribution >= 4 is 11.8 Å². The summed E-state index contributed by atoms with van der Waals surface area (Å²) in [5, 5.41) is 0. The van der Waals surface area contributed by atoms with E-state index in [1.165, 1.54) is 11.8 Å². The molecule has 8 heavy (non-hydrogen) atoms. The van der Waals surface area contributed by atoms with Crippen molar-refractivity contribution in [3.8, 4) is 0 Å². The zero-order valence-electron chi connectivity index (χ0n) is 6.37. The number of rotatable bonds is 1. The first kappa shape index (κ1) is 3.57. The molecule has 1 aromatic carbocycles. The molecule has 0 nitrogen and oxygen atoms in total. The average molecular weight is 127 g/mol. The van der Waals surface area contributed by atoms with Gasteiger partial charge in [-0.05, 0) is 18.3 Å². The SMILES string of the molecule is [2H][13CH]([2H])Sc1ccccc1. The van der Waals surface area contributed by atoms with E-state index in [-0.39, 0.29) is 0 Å². The molecular formula is C7H8S. The molecular weight excluding hydrogens is 117 g/mol. The Morgan fingerprint density at radius 2 is 2.12 bits per heavy atom. The van der Waals surface area contributed by atoms with Crippen molar-refractivity contribution in [1.29, 1.82) is 0 Å². The van der Waals surface area contributed by atoms with Crippen molar-refractivity contribution in [2.75, 3.05) is 6.21 Å². The summed E-state index contributed by atoms with van der Waals surface area (Å²) in [6, 6.07) is 9.55. The molecule has 0 amide bonds. The van der Waals surface area contributed by atoms with E-state index in [1.54, 1.807) is 0 Å². The Bertz CT molecular complexity index is 186. The molecule has 1 rings (SSSR count). The van der Waals surface area contributed by atoms with Crippen LogP contribution in [0.2, 0.25) is 0 Å². The lowest BCUT2D eigenvalue weighted by molar-refractivity contribution is 1.47. The van der Waals surface area contributed by atoms with Gasteiger partial charge in [0.25, 0.3) is 0 Å². The van der Waals surface area contributed by atoms with E-state index in [9.17, 15) is 0 Å². The van der Waals surface area contributed by atoms with E-state index in [2.05, 4.69) is 0 Å². The first-order chi connectivity index (χ1) is 4.79. The van der Waals surface area contributed by atoms with Gasteiger partial charge in [-0.15, -0.1) is 11.8 Å². The molecule has 1 heteroatoms. The fourth-order valence-electron chi connectivity index (χ4n) is 0.499.